The molecule has 0 aromatic heterocycles. The zero-order valence-corrected chi connectivity index (χ0v) is 9.71. The van der Waals surface area contributed by atoms with Gasteiger partial charge in [0, 0.05) is 0 Å². The first-order valence-electron chi connectivity index (χ1n) is 1.66. The van der Waals surface area contributed by atoms with Crippen LogP contribution in [0.25, 0.3) is 0 Å². The van der Waals surface area contributed by atoms with Gasteiger partial charge < -0.3 is 4.55 Å². The molecule has 0 heterocycles. The molecule has 0 amide bonds. The Morgan fingerprint density at radius 3 is 2.00 bits per heavy atom. The van der Waals surface area contributed by atoms with Gasteiger partial charge in [0.2, 0.25) is 10.4 Å². The average molecular weight is 262 g/mol. The summed E-state index contributed by atoms with van der Waals surface area (Å²) in [5.74, 6) is 0. The Morgan fingerprint density at radius 1 is 1.62 bits per heavy atom. The Hall–Kier alpha value is 1.44. The van der Waals surface area contributed by atoms with Crippen LogP contribution in [0.3, 0.4) is 0 Å². The molecule has 0 aromatic rings. The molecule has 0 spiro atoms. The van der Waals surface area contributed by atoms with Crippen molar-refractivity contribution in [1.29, 1.82) is 0 Å². The summed E-state index contributed by atoms with van der Waals surface area (Å²) >= 11 is 0. The van der Waals surface area contributed by atoms with Gasteiger partial charge in [-0.3, -0.25) is 4.18 Å². The fraction of sp³-hybridized carbons (Fsp3) is 1.00. The summed E-state index contributed by atoms with van der Waals surface area (Å²) in [6, 6.07) is 0. The molecule has 0 N–H and O–H groups in total. The standard InChI is InChI=1S/C2H6O4S.Ba/c1-2-6-7(3,4)5;/h2H2,1H3,(H,3,4,5);/q;+2/p-1. The van der Waals surface area contributed by atoms with E-state index in [1.54, 1.807) is 0 Å². The van der Waals surface area contributed by atoms with Crippen LogP contribution >= 0.6 is 0 Å². The Balaban J connectivity index is 0. The molecule has 8 heavy (non-hydrogen) atoms. The van der Waals surface area contributed by atoms with E-state index in [0.29, 0.717) is 0 Å². The maximum absolute atomic E-state index is 9.45. The molecule has 0 fully saturated rings. The van der Waals surface area contributed by atoms with Gasteiger partial charge in [-0.2, -0.15) is 0 Å². The SMILES string of the molecule is CCOS(=O)(=O)[O-].[Ba+2]. The predicted octanol–water partition coefficient (Wildman–Crippen LogP) is -0.898. The van der Waals surface area contributed by atoms with Crippen LogP contribution < -0.4 is 0 Å². The van der Waals surface area contributed by atoms with E-state index in [-0.39, 0.29) is 55.5 Å². The largest absolute Gasteiger partial charge is 2.00 e. The first-order valence-corrected chi connectivity index (χ1v) is 3.00. The summed E-state index contributed by atoms with van der Waals surface area (Å²) in [6.07, 6.45) is 0. The van der Waals surface area contributed by atoms with Crippen LogP contribution in [0.2, 0.25) is 0 Å². The van der Waals surface area contributed by atoms with Crippen LogP contribution in [0.5, 0.6) is 0 Å². The molecule has 0 atom stereocenters. The van der Waals surface area contributed by atoms with Gasteiger partial charge in [-0.15, -0.1) is 0 Å². The van der Waals surface area contributed by atoms with Crippen molar-refractivity contribution >= 4 is 59.3 Å². The van der Waals surface area contributed by atoms with Gasteiger partial charge in [-0.25, -0.2) is 8.42 Å². The third kappa shape index (κ3) is 10.4. The molecule has 0 rings (SSSR count). The summed E-state index contributed by atoms with van der Waals surface area (Å²) in [7, 11) is -4.42. The van der Waals surface area contributed by atoms with Crippen molar-refractivity contribution in [3.63, 3.8) is 0 Å². The molecule has 0 aliphatic rings. The van der Waals surface area contributed by atoms with Crippen LogP contribution in [0.15, 0.2) is 0 Å². The average Bonchev–Trinajstić information content (AvgIpc) is 1.30. The van der Waals surface area contributed by atoms with E-state index < -0.39 is 10.4 Å². The van der Waals surface area contributed by atoms with E-state index in [0.717, 1.165) is 0 Å². The van der Waals surface area contributed by atoms with Gasteiger partial charge in [0.15, 0.2) is 0 Å². The molecule has 0 bridgehead atoms. The zero-order valence-electron chi connectivity index (χ0n) is 4.46. The second-order valence-corrected chi connectivity index (χ2v) is 1.87. The third-order valence-electron chi connectivity index (χ3n) is 0.262. The summed E-state index contributed by atoms with van der Waals surface area (Å²) < 4.78 is 32.0. The topological polar surface area (TPSA) is 66.4 Å². The zero-order chi connectivity index (χ0) is 5.91. The molecule has 0 radical (unpaired) electrons. The molecule has 0 aliphatic heterocycles. The number of hydrogen-bond donors (Lipinski definition) is 0. The van der Waals surface area contributed by atoms with E-state index in [1.807, 2.05) is 0 Å². The number of rotatable bonds is 2. The van der Waals surface area contributed by atoms with Gasteiger partial charge in [-0.1, -0.05) is 0 Å². The normalized spacial score (nSPS) is 10.2. The van der Waals surface area contributed by atoms with E-state index in [4.69, 9.17) is 0 Å². The van der Waals surface area contributed by atoms with Crippen LogP contribution in [-0.4, -0.2) is 68.5 Å². The Kier molecular flexibility index (Phi) is 7.96. The van der Waals surface area contributed by atoms with Crippen molar-refractivity contribution in [2.75, 3.05) is 6.61 Å². The Morgan fingerprint density at radius 2 is 2.00 bits per heavy atom. The molecule has 0 saturated heterocycles. The molecule has 4 nitrogen and oxygen atoms in total. The molecular formula is C2H5BaO4S+. The van der Waals surface area contributed by atoms with Crippen molar-refractivity contribution in [3.05, 3.63) is 0 Å². The van der Waals surface area contributed by atoms with Gasteiger partial charge in [0.1, 0.15) is 0 Å². The molecule has 0 aliphatic carbocycles. The summed E-state index contributed by atoms with van der Waals surface area (Å²) in [5.41, 5.74) is 0. The minimum absolute atomic E-state index is 0. The molecular weight excluding hydrogens is 257 g/mol. The Labute approximate surface area is 88.6 Å². The summed E-state index contributed by atoms with van der Waals surface area (Å²) in [6.45, 7) is 1.33. The fourth-order valence-corrected chi connectivity index (χ4v) is 0.433. The smallest absolute Gasteiger partial charge is 0.726 e. The van der Waals surface area contributed by atoms with E-state index in [9.17, 15) is 13.0 Å². The summed E-state index contributed by atoms with van der Waals surface area (Å²) in [4.78, 5) is 0. The van der Waals surface area contributed by atoms with Crippen LogP contribution in [-0.2, 0) is 14.6 Å². The van der Waals surface area contributed by atoms with Crippen molar-refractivity contribution in [2.24, 2.45) is 0 Å². The van der Waals surface area contributed by atoms with Crippen molar-refractivity contribution < 1.29 is 17.2 Å². The van der Waals surface area contributed by atoms with Gasteiger partial charge in [-0.05, 0) is 6.92 Å². The maximum atomic E-state index is 9.45. The predicted molar refractivity (Wildman–Crippen MR) is 27.1 cm³/mol. The monoisotopic (exact) mass is 263 g/mol. The summed E-state index contributed by atoms with van der Waals surface area (Å²) in [5, 5.41) is 0. The van der Waals surface area contributed by atoms with Crippen molar-refractivity contribution in [3.8, 4) is 0 Å². The molecule has 44 valence electrons. The molecule has 6 heteroatoms. The maximum Gasteiger partial charge on any atom is 2.00 e. The minimum Gasteiger partial charge on any atom is -0.726 e. The van der Waals surface area contributed by atoms with Crippen molar-refractivity contribution in [1.82, 2.24) is 0 Å². The first kappa shape index (κ1) is 12.1. The minimum atomic E-state index is -4.42. The fourth-order valence-electron chi connectivity index (χ4n) is 0.144. The quantitative estimate of drug-likeness (QED) is 0.368. The third-order valence-corrected chi connectivity index (χ3v) is 0.787. The second-order valence-electron chi connectivity index (χ2n) is 0.815. The van der Waals surface area contributed by atoms with Crippen LogP contribution in [0.4, 0.5) is 0 Å². The number of hydrogen-bond acceptors (Lipinski definition) is 4. The Bertz CT molecular complexity index is 127. The van der Waals surface area contributed by atoms with Gasteiger partial charge >= 0.3 is 48.9 Å². The van der Waals surface area contributed by atoms with Crippen molar-refractivity contribution in [2.45, 2.75) is 6.92 Å². The van der Waals surface area contributed by atoms with Crippen LogP contribution in [0.1, 0.15) is 6.92 Å². The van der Waals surface area contributed by atoms with Crippen LogP contribution in [0, 0.1) is 0 Å². The van der Waals surface area contributed by atoms with Gasteiger partial charge in [0.25, 0.3) is 0 Å². The molecule has 0 unspecified atom stereocenters. The van der Waals surface area contributed by atoms with E-state index in [2.05, 4.69) is 4.18 Å². The second kappa shape index (κ2) is 5.24. The first-order chi connectivity index (χ1) is 3.06. The molecule has 0 aromatic carbocycles. The van der Waals surface area contributed by atoms with E-state index >= 15 is 0 Å². The molecule has 0 saturated carbocycles. The van der Waals surface area contributed by atoms with Gasteiger partial charge in [0.05, 0.1) is 6.61 Å². The van der Waals surface area contributed by atoms with E-state index in [1.165, 1.54) is 6.92 Å².